The van der Waals surface area contributed by atoms with Crippen LogP contribution in [-0.4, -0.2) is 65.7 Å². The molecule has 11 heteroatoms. The van der Waals surface area contributed by atoms with E-state index in [1.54, 1.807) is 12.2 Å². The molecular formula is C42H77O10P. The number of phosphoric acid groups is 1. The van der Waals surface area contributed by atoms with Crippen LogP contribution < -0.4 is 0 Å². The van der Waals surface area contributed by atoms with E-state index < -0.39 is 51.8 Å². The molecule has 0 heterocycles. The van der Waals surface area contributed by atoms with Gasteiger partial charge in [-0.1, -0.05) is 160 Å². The SMILES string of the molecule is CCCCCC/C=C/CCCCCCCCCC(=O)OC[C@H](COP(=O)(O)OC[C@@H](O)CO)OC(=O)/C=C/C=C/CCCCCCCCCCCCC. The van der Waals surface area contributed by atoms with Gasteiger partial charge in [-0.25, -0.2) is 9.36 Å². The van der Waals surface area contributed by atoms with Gasteiger partial charge in [0.05, 0.1) is 19.8 Å². The molecule has 0 bridgehead atoms. The fourth-order valence-corrected chi connectivity index (χ4v) is 6.39. The van der Waals surface area contributed by atoms with Crippen molar-refractivity contribution in [1.29, 1.82) is 0 Å². The first-order valence-electron chi connectivity index (χ1n) is 21.0. The number of esters is 2. The average Bonchev–Trinajstić information content (AvgIpc) is 3.14. The predicted octanol–water partition coefficient (Wildman–Crippen LogP) is 10.8. The van der Waals surface area contributed by atoms with E-state index in [0.29, 0.717) is 6.42 Å². The van der Waals surface area contributed by atoms with E-state index in [0.717, 1.165) is 38.5 Å². The van der Waals surface area contributed by atoms with Gasteiger partial charge in [0, 0.05) is 12.5 Å². The lowest BCUT2D eigenvalue weighted by Gasteiger charge is -2.19. The van der Waals surface area contributed by atoms with Gasteiger partial charge in [0.1, 0.15) is 12.7 Å². The number of hydrogen-bond acceptors (Lipinski definition) is 9. The summed E-state index contributed by atoms with van der Waals surface area (Å²) in [5.74, 6) is -1.18. The smallest absolute Gasteiger partial charge is 0.462 e. The first-order chi connectivity index (χ1) is 25.7. The molecule has 0 aromatic heterocycles. The Labute approximate surface area is 322 Å². The molecule has 0 rings (SSSR count). The van der Waals surface area contributed by atoms with Gasteiger partial charge in [-0.15, -0.1) is 0 Å². The maximum Gasteiger partial charge on any atom is 0.472 e. The number of phosphoric ester groups is 1. The van der Waals surface area contributed by atoms with Crippen molar-refractivity contribution in [3.8, 4) is 0 Å². The molecule has 0 aromatic carbocycles. The van der Waals surface area contributed by atoms with Crippen molar-refractivity contribution in [2.45, 2.75) is 193 Å². The topological polar surface area (TPSA) is 149 Å². The van der Waals surface area contributed by atoms with Crippen molar-refractivity contribution in [3.05, 3.63) is 36.5 Å². The molecule has 0 radical (unpaired) electrons. The zero-order chi connectivity index (χ0) is 39.1. The van der Waals surface area contributed by atoms with Gasteiger partial charge in [-0.3, -0.25) is 13.8 Å². The zero-order valence-corrected chi connectivity index (χ0v) is 34.4. The molecule has 0 fully saturated rings. The van der Waals surface area contributed by atoms with Crippen molar-refractivity contribution < 1.29 is 47.8 Å². The average molecular weight is 773 g/mol. The Hall–Kier alpha value is -1.81. The Morgan fingerprint density at radius 2 is 1.06 bits per heavy atom. The molecule has 0 aliphatic heterocycles. The zero-order valence-electron chi connectivity index (χ0n) is 33.5. The summed E-state index contributed by atoms with van der Waals surface area (Å²) < 4.78 is 32.5. The second-order valence-corrected chi connectivity index (χ2v) is 15.5. The molecule has 53 heavy (non-hydrogen) atoms. The molecule has 3 N–H and O–H groups in total. The Bertz CT molecular complexity index is 983. The van der Waals surface area contributed by atoms with Crippen LogP contribution in [0.25, 0.3) is 0 Å². The molecule has 0 aliphatic carbocycles. The molecular weight excluding hydrogens is 695 g/mol. The molecule has 10 nitrogen and oxygen atoms in total. The molecule has 0 saturated heterocycles. The van der Waals surface area contributed by atoms with E-state index in [1.165, 1.54) is 122 Å². The molecule has 0 amide bonds. The minimum Gasteiger partial charge on any atom is -0.462 e. The standard InChI is InChI=1S/C42H77O10P/c1-3-5-7-9-11-13-15-17-19-21-23-25-27-29-31-33-41(45)49-37-40(38-51-53(47,48)50-36-39(44)35-43)52-42(46)34-32-30-28-26-24-22-20-18-16-14-12-10-8-6-4-2/h13,15,28,30,32,34,39-40,43-44H,3-12,14,16-27,29,31,33,35-38H2,1-2H3,(H,47,48)/b15-13+,30-28+,34-32+/t39-,40+/m0/s1. The summed E-state index contributed by atoms with van der Waals surface area (Å²) in [7, 11) is -4.64. The third-order valence-electron chi connectivity index (χ3n) is 8.87. The minimum absolute atomic E-state index is 0.217. The Balaban J connectivity index is 4.42. The van der Waals surface area contributed by atoms with Crippen molar-refractivity contribution >= 4 is 19.8 Å². The largest absolute Gasteiger partial charge is 0.472 e. The summed E-state index contributed by atoms with van der Waals surface area (Å²) in [4.78, 5) is 34.8. The van der Waals surface area contributed by atoms with Gasteiger partial charge >= 0.3 is 19.8 Å². The number of aliphatic hydroxyl groups is 2. The Morgan fingerprint density at radius 1 is 0.604 bits per heavy atom. The van der Waals surface area contributed by atoms with Crippen LogP contribution in [0.15, 0.2) is 36.5 Å². The highest BCUT2D eigenvalue weighted by molar-refractivity contribution is 7.47. The fraction of sp³-hybridized carbons (Fsp3) is 0.810. The summed E-state index contributed by atoms with van der Waals surface area (Å²) >= 11 is 0. The van der Waals surface area contributed by atoms with Crippen LogP contribution in [-0.2, 0) is 32.7 Å². The van der Waals surface area contributed by atoms with Crippen LogP contribution in [0.1, 0.15) is 181 Å². The molecule has 310 valence electrons. The number of ether oxygens (including phenoxy) is 2. The van der Waals surface area contributed by atoms with Crippen molar-refractivity contribution in [2.24, 2.45) is 0 Å². The fourth-order valence-electron chi connectivity index (χ4n) is 5.60. The number of carbonyl (C=O) groups excluding carboxylic acids is 2. The van der Waals surface area contributed by atoms with Crippen molar-refractivity contribution in [3.63, 3.8) is 0 Å². The maximum absolute atomic E-state index is 12.5. The number of hydrogen-bond donors (Lipinski definition) is 3. The van der Waals surface area contributed by atoms with Gasteiger partial charge in [0.15, 0.2) is 6.10 Å². The minimum atomic E-state index is -4.64. The molecule has 1 unspecified atom stereocenters. The van der Waals surface area contributed by atoms with E-state index in [1.807, 2.05) is 6.08 Å². The molecule has 0 aromatic rings. The number of rotatable bonds is 39. The second-order valence-electron chi connectivity index (χ2n) is 14.1. The number of unbranched alkanes of at least 4 members (excludes halogenated alkanes) is 22. The predicted molar refractivity (Wildman–Crippen MR) is 214 cm³/mol. The first-order valence-corrected chi connectivity index (χ1v) is 22.5. The number of aliphatic hydroxyl groups excluding tert-OH is 2. The lowest BCUT2D eigenvalue weighted by molar-refractivity contribution is -0.157. The van der Waals surface area contributed by atoms with Gasteiger partial charge < -0.3 is 24.6 Å². The highest BCUT2D eigenvalue weighted by Gasteiger charge is 2.26. The summed E-state index contributed by atoms with van der Waals surface area (Å²) in [5.41, 5.74) is 0. The van der Waals surface area contributed by atoms with E-state index in [-0.39, 0.29) is 13.0 Å². The van der Waals surface area contributed by atoms with Crippen molar-refractivity contribution in [2.75, 3.05) is 26.4 Å². The molecule has 3 atom stereocenters. The highest BCUT2D eigenvalue weighted by atomic mass is 31.2. The normalized spacial score (nSPS) is 14.3. The van der Waals surface area contributed by atoms with Crippen LogP contribution >= 0.6 is 7.82 Å². The third kappa shape index (κ3) is 38.3. The summed E-state index contributed by atoms with van der Waals surface area (Å²) in [6, 6.07) is 0. The number of carbonyl (C=O) groups is 2. The monoisotopic (exact) mass is 773 g/mol. The number of allylic oxidation sites excluding steroid dienone is 5. The molecule has 0 aliphatic rings. The van der Waals surface area contributed by atoms with E-state index >= 15 is 0 Å². The molecule has 0 spiro atoms. The molecule has 0 saturated carbocycles. The second kappa shape index (κ2) is 38.5. The lowest BCUT2D eigenvalue weighted by Crippen LogP contribution is -2.29. The summed E-state index contributed by atoms with van der Waals surface area (Å²) in [6.07, 6.45) is 38.9. The van der Waals surface area contributed by atoms with Gasteiger partial charge in [0.25, 0.3) is 0 Å². The highest BCUT2D eigenvalue weighted by Crippen LogP contribution is 2.43. The van der Waals surface area contributed by atoms with Crippen molar-refractivity contribution in [1.82, 2.24) is 0 Å². The van der Waals surface area contributed by atoms with E-state index in [9.17, 15) is 24.2 Å². The van der Waals surface area contributed by atoms with E-state index in [2.05, 4.69) is 30.5 Å². The maximum atomic E-state index is 12.5. The van der Waals surface area contributed by atoms with Gasteiger partial charge in [-0.2, -0.15) is 0 Å². The summed E-state index contributed by atoms with van der Waals surface area (Å²) in [6.45, 7) is 2.24. The third-order valence-corrected chi connectivity index (χ3v) is 9.82. The lowest BCUT2D eigenvalue weighted by atomic mass is 10.1. The Kier molecular flexibility index (Phi) is 37.2. The van der Waals surface area contributed by atoms with Crippen LogP contribution in [0.5, 0.6) is 0 Å². The van der Waals surface area contributed by atoms with Crippen LogP contribution in [0.2, 0.25) is 0 Å². The van der Waals surface area contributed by atoms with Gasteiger partial charge in [0.2, 0.25) is 0 Å². The first kappa shape index (κ1) is 51.2. The summed E-state index contributed by atoms with van der Waals surface area (Å²) in [5, 5.41) is 18.3. The van der Waals surface area contributed by atoms with Crippen LogP contribution in [0, 0.1) is 0 Å². The Morgan fingerprint density at radius 3 is 1.58 bits per heavy atom. The quantitative estimate of drug-likeness (QED) is 0.0138. The van der Waals surface area contributed by atoms with Crippen LogP contribution in [0.4, 0.5) is 0 Å². The van der Waals surface area contributed by atoms with Crippen LogP contribution in [0.3, 0.4) is 0 Å². The van der Waals surface area contributed by atoms with Gasteiger partial charge in [-0.05, 0) is 44.9 Å². The van der Waals surface area contributed by atoms with E-state index in [4.69, 9.17) is 19.1 Å².